The molecule has 0 aromatic rings. The molecule has 1 aliphatic heterocycles. The third kappa shape index (κ3) is 4.09. The maximum absolute atomic E-state index is 11.8. The first-order valence-electron chi connectivity index (χ1n) is 6.30. The number of carbonyl (C=O) groups excluding carboxylic acids is 2. The molecule has 17 heavy (non-hydrogen) atoms. The van der Waals surface area contributed by atoms with Crippen LogP contribution < -0.4 is 5.48 Å². The molecule has 1 aliphatic rings. The summed E-state index contributed by atoms with van der Waals surface area (Å²) in [5.41, 5.74) is 2.41. The van der Waals surface area contributed by atoms with Gasteiger partial charge in [0.25, 0.3) is 0 Å². The Balaban J connectivity index is 2.22. The zero-order valence-corrected chi connectivity index (χ0v) is 10.3. The molecule has 2 N–H and O–H groups in total. The van der Waals surface area contributed by atoms with Crippen molar-refractivity contribution in [1.82, 2.24) is 5.48 Å². The average Bonchev–Trinajstić information content (AvgIpc) is 2.33. The van der Waals surface area contributed by atoms with Crippen LogP contribution in [0, 0.1) is 5.92 Å². The third-order valence-corrected chi connectivity index (χ3v) is 3.08. The Morgan fingerprint density at radius 2 is 2.12 bits per heavy atom. The molecule has 0 bridgehead atoms. The molecule has 0 radical (unpaired) electrons. The number of unbranched alkanes of at least 4 members (excludes halogenated alkanes) is 4. The van der Waals surface area contributed by atoms with Gasteiger partial charge in [-0.3, -0.25) is 4.79 Å². The maximum Gasteiger partial charge on any atom is 0.346 e. The van der Waals surface area contributed by atoms with Crippen LogP contribution in [0.25, 0.3) is 0 Å². The van der Waals surface area contributed by atoms with E-state index in [1.807, 2.05) is 0 Å². The summed E-state index contributed by atoms with van der Waals surface area (Å²) in [4.78, 5) is 27.2. The minimum Gasteiger partial charge on any atom is -0.396 e. The Morgan fingerprint density at radius 1 is 1.41 bits per heavy atom. The molecular weight excluding hydrogens is 222 g/mol. The van der Waals surface area contributed by atoms with Crippen LogP contribution in [0.2, 0.25) is 0 Å². The molecule has 98 valence electrons. The van der Waals surface area contributed by atoms with Crippen molar-refractivity contribution in [1.29, 1.82) is 0 Å². The van der Waals surface area contributed by atoms with Crippen molar-refractivity contribution >= 4 is 11.8 Å². The van der Waals surface area contributed by atoms with Crippen LogP contribution in [-0.4, -0.2) is 29.5 Å². The summed E-state index contributed by atoms with van der Waals surface area (Å²) in [6, 6.07) is -0.650. The van der Waals surface area contributed by atoms with E-state index in [-0.39, 0.29) is 12.4 Å². The smallest absolute Gasteiger partial charge is 0.346 e. The molecule has 0 saturated carbocycles. The summed E-state index contributed by atoms with van der Waals surface area (Å²) in [6.07, 6.45) is 5.79. The van der Waals surface area contributed by atoms with Crippen LogP contribution in [0.5, 0.6) is 0 Å². The maximum atomic E-state index is 11.8. The van der Waals surface area contributed by atoms with E-state index in [4.69, 9.17) is 5.11 Å². The van der Waals surface area contributed by atoms with Crippen LogP contribution >= 0.6 is 0 Å². The van der Waals surface area contributed by atoms with Crippen molar-refractivity contribution in [3.8, 4) is 0 Å². The summed E-state index contributed by atoms with van der Waals surface area (Å²) < 4.78 is 0. The fourth-order valence-electron chi connectivity index (χ4n) is 1.90. The van der Waals surface area contributed by atoms with Gasteiger partial charge >= 0.3 is 5.97 Å². The Hall–Kier alpha value is -0.940. The minimum atomic E-state index is -0.651. The van der Waals surface area contributed by atoms with Gasteiger partial charge in [0, 0.05) is 6.42 Å². The SMILES string of the molecule is CCCCCCCC(=O)C(CO)C1NOC1=O. The second kappa shape index (κ2) is 7.40. The largest absolute Gasteiger partial charge is 0.396 e. The summed E-state index contributed by atoms with van der Waals surface area (Å²) in [7, 11) is 0. The van der Waals surface area contributed by atoms with E-state index in [1.165, 1.54) is 12.8 Å². The molecule has 1 saturated heterocycles. The van der Waals surface area contributed by atoms with E-state index < -0.39 is 17.9 Å². The molecule has 5 heteroatoms. The molecule has 2 atom stereocenters. The number of aliphatic hydroxyl groups is 1. The van der Waals surface area contributed by atoms with Gasteiger partial charge in [-0.2, -0.15) is 0 Å². The van der Waals surface area contributed by atoms with Gasteiger partial charge in [-0.1, -0.05) is 32.6 Å². The molecule has 0 spiro atoms. The highest BCUT2D eigenvalue weighted by molar-refractivity contribution is 5.90. The van der Waals surface area contributed by atoms with Gasteiger partial charge in [0.2, 0.25) is 0 Å². The van der Waals surface area contributed by atoms with E-state index in [0.29, 0.717) is 6.42 Å². The fraction of sp³-hybridized carbons (Fsp3) is 0.833. The van der Waals surface area contributed by atoms with Crippen LogP contribution in [0.3, 0.4) is 0 Å². The first kappa shape index (κ1) is 14.1. The lowest BCUT2D eigenvalue weighted by molar-refractivity contribution is -0.187. The topological polar surface area (TPSA) is 75.6 Å². The van der Waals surface area contributed by atoms with Crippen molar-refractivity contribution in [3.05, 3.63) is 0 Å². The Labute approximate surface area is 101 Å². The van der Waals surface area contributed by atoms with E-state index in [0.717, 1.165) is 19.3 Å². The van der Waals surface area contributed by atoms with Crippen LogP contribution in [0.15, 0.2) is 0 Å². The van der Waals surface area contributed by atoms with Gasteiger partial charge in [0.05, 0.1) is 12.5 Å². The van der Waals surface area contributed by atoms with Crippen molar-refractivity contribution in [2.24, 2.45) is 5.92 Å². The number of hydrogen-bond acceptors (Lipinski definition) is 5. The lowest BCUT2D eigenvalue weighted by Gasteiger charge is -2.30. The zero-order valence-electron chi connectivity index (χ0n) is 10.3. The highest BCUT2D eigenvalue weighted by Crippen LogP contribution is 2.16. The standard InChI is InChI=1S/C12H21NO4/c1-2-3-4-5-6-7-10(15)9(8-14)11-12(16)17-13-11/h9,11,13-14H,2-8H2,1H3. The monoisotopic (exact) mass is 243 g/mol. The normalized spacial score (nSPS) is 20.6. The first-order valence-corrected chi connectivity index (χ1v) is 6.30. The molecule has 5 nitrogen and oxygen atoms in total. The summed E-state index contributed by atoms with van der Waals surface area (Å²) >= 11 is 0. The van der Waals surface area contributed by atoms with Crippen molar-refractivity contribution in [2.45, 2.75) is 51.5 Å². The molecule has 1 fully saturated rings. The van der Waals surface area contributed by atoms with Crippen LogP contribution in [0.1, 0.15) is 45.4 Å². The number of hydrogen-bond donors (Lipinski definition) is 2. The fourth-order valence-corrected chi connectivity index (χ4v) is 1.90. The van der Waals surface area contributed by atoms with E-state index >= 15 is 0 Å². The average molecular weight is 243 g/mol. The predicted octanol–water partition coefficient (Wildman–Crippen LogP) is 0.954. The third-order valence-electron chi connectivity index (χ3n) is 3.08. The van der Waals surface area contributed by atoms with Gasteiger partial charge in [-0.05, 0) is 6.42 Å². The number of nitrogens with one attached hydrogen (secondary N) is 1. The number of ketones is 1. The summed E-state index contributed by atoms with van der Waals surface area (Å²) in [5, 5.41) is 9.12. The Morgan fingerprint density at radius 3 is 2.59 bits per heavy atom. The zero-order chi connectivity index (χ0) is 12.7. The molecule has 0 amide bonds. The van der Waals surface area contributed by atoms with Crippen molar-refractivity contribution in [2.75, 3.05) is 6.61 Å². The molecule has 0 aromatic heterocycles. The van der Waals surface area contributed by atoms with Crippen molar-refractivity contribution in [3.63, 3.8) is 0 Å². The van der Waals surface area contributed by atoms with Gasteiger partial charge < -0.3 is 9.94 Å². The lowest BCUT2D eigenvalue weighted by atomic mass is 9.92. The van der Waals surface area contributed by atoms with Gasteiger partial charge in [-0.25, -0.2) is 4.79 Å². The highest BCUT2D eigenvalue weighted by atomic mass is 16.7. The lowest BCUT2D eigenvalue weighted by Crippen LogP contribution is -2.58. The molecule has 0 aliphatic carbocycles. The number of carbonyl (C=O) groups is 2. The predicted molar refractivity (Wildman–Crippen MR) is 62.0 cm³/mol. The van der Waals surface area contributed by atoms with E-state index in [9.17, 15) is 9.59 Å². The highest BCUT2D eigenvalue weighted by Gasteiger charge is 2.41. The number of rotatable bonds is 9. The first-order chi connectivity index (χ1) is 8.20. The molecular formula is C12H21NO4. The summed E-state index contributed by atoms with van der Waals surface area (Å²) in [5.74, 6) is -1.16. The van der Waals surface area contributed by atoms with Gasteiger partial charge in [0.15, 0.2) is 6.04 Å². The quantitative estimate of drug-likeness (QED) is 0.590. The van der Waals surface area contributed by atoms with E-state index in [1.54, 1.807) is 0 Å². The second-order valence-corrected chi connectivity index (χ2v) is 4.44. The number of hydroxylamine groups is 1. The second-order valence-electron chi connectivity index (χ2n) is 4.44. The molecule has 2 unspecified atom stereocenters. The Bertz CT molecular complexity index is 267. The molecule has 1 heterocycles. The molecule has 1 rings (SSSR count). The van der Waals surface area contributed by atoms with E-state index in [2.05, 4.69) is 17.2 Å². The molecule has 0 aromatic carbocycles. The number of aliphatic hydroxyl groups excluding tert-OH is 1. The number of Topliss-reactive ketones (excluding diaryl/α,β-unsaturated/α-hetero) is 1. The summed E-state index contributed by atoms with van der Waals surface area (Å²) in [6.45, 7) is 1.83. The Kier molecular flexibility index (Phi) is 6.15. The van der Waals surface area contributed by atoms with Crippen LogP contribution in [-0.2, 0) is 14.4 Å². The van der Waals surface area contributed by atoms with Gasteiger partial charge in [0.1, 0.15) is 5.78 Å². The van der Waals surface area contributed by atoms with Crippen LogP contribution in [0.4, 0.5) is 0 Å². The van der Waals surface area contributed by atoms with Gasteiger partial charge in [-0.15, -0.1) is 5.48 Å². The van der Waals surface area contributed by atoms with Crippen molar-refractivity contribution < 1.29 is 19.5 Å². The minimum absolute atomic E-state index is 0.0573.